The van der Waals surface area contributed by atoms with Crippen molar-refractivity contribution in [3.05, 3.63) is 35.9 Å². The van der Waals surface area contributed by atoms with Gasteiger partial charge in [0.15, 0.2) is 0 Å². The fourth-order valence-corrected chi connectivity index (χ4v) is 5.11. The number of benzene rings is 1. The Hall–Kier alpha value is -4.08. The predicted molar refractivity (Wildman–Crippen MR) is 188 cm³/mol. The molecule has 1 aromatic carbocycles. The van der Waals surface area contributed by atoms with E-state index in [4.69, 9.17) is 22.9 Å². The molecule has 1 aromatic rings. The van der Waals surface area contributed by atoms with E-state index in [-0.39, 0.29) is 70.0 Å². The highest BCUT2D eigenvalue weighted by atomic mass is 16.2. The molecule has 0 saturated heterocycles. The lowest BCUT2D eigenvalue weighted by Crippen LogP contribution is -2.60. The zero-order valence-corrected chi connectivity index (χ0v) is 29.5. The second-order valence-corrected chi connectivity index (χ2v) is 13.1. The van der Waals surface area contributed by atoms with Gasteiger partial charge >= 0.3 is 0 Å². The minimum Gasteiger partial charge on any atom is -0.368 e. The Labute approximate surface area is 290 Å². The zero-order chi connectivity index (χ0) is 36.9. The molecule has 6 amide bonds. The number of carbonyl (C=O) groups is 6. The first-order chi connectivity index (χ1) is 23.2. The van der Waals surface area contributed by atoms with Gasteiger partial charge in [0, 0.05) is 12.8 Å². The lowest BCUT2D eigenvalue weighted by atomic mass is 10.00. The van der Waals surface area contributed by atoms with Gasteiger partial charge in [0.05, 0.1) is 0 Å². The number of hydrogen-bond acceptors (Lipinski definition) is 9. The molecule has 5 atom stereocenters. The summed E-state index contributed by atoms with van der Waals surface area (Å²) in [6.07, 6.45) is 2.41. The Bertz CT molecular complexity index is 1200. The maximum atomic E-state index is 13.7. The van der Waals surface area contributed by atoms with Gasteiger partial charge in [-0.15, -0.1) is 0 Å². The van der Waals surface area contributed by atoms with Gasteiger partial charge in [0.25, 0.3) is 0 Å². The van der Waals surface area contributed by atoms with Crippen molar-refractivity contribution < 1.29 is 28.8 Å². The zero-order valence-electron chi connectivity index (χ0n) is 29.5. The average Bonchev–Trinajstić information content (AvgIpc) is 3.03. The molecule has 0 aliphatic rings. The third-order valence-electron chi connectivity index (χ3n) is 7.75. The number of hydrogen-bond donors (Lipinski definition) is 9. The predicted octanol–water partition coefficient (Wildman–Crippen LogP) is -0.943. The van der Waals surface area contributed by atoms with Crippen LogP contribution in [0.3, 0.4) is 0 Å². The van der Waals surface area contributed by atoms with Crippen molar-refractivity contribution in [3.8, 4) is 0 Å². The molecular formula is C34H59N9O6. The molecule has 49 heavy (non-hydrogen) atoms. The van der Waals surface area contributed by atoms with E-state index in [1.807, 2.05) is 19.9 Å². The van der Waals surface area contributed by atoms with Crippen LogP contribution in [0.15, 0.2) is 30.3 Å². The van der Waals surface area contributed by atoms with Crippen molar-refractivity contribution in [2.75, 3.05) is 19.6 Å². The molecule has 0 aliphatic carbocycles. The summed E-state index contributed by atoms with van der Waals surface area (Å²) in [4.78, 5) is 78.3. The van der Waals surface area contributed by atoms with Gasteiger partial charge in [-0.1, -0.05) is 64.4 Å². The van der Waals surface area contributed by atoms with E-state index in [0.29, 0.717) is 12.3 Å². The molecule has 0 aliphatic heterocycles. The van der Waals surface area contributed by atoms with Gasteiger partial charge in [0.2, 0.25) is 35.4 Å². The van der Waals surface area contributed by atoms with Crippen LogP contribution < -0.4 is 49.5 Å². The number of carbonyl (C=O) groups excluding carboxylic acids is 6. The third-order valence-corrected chi connectivity index (χ3v) is 7.75. The molecule has 1 rings (SSSR count). The van der Waals surface area contributed by atoms with Crippen LogP contribution in [0, 0.1) is 11.8 Å². The lowest BCUT2D eigenvalue weighted by molar-refractivity contribution is -0.135. The largest absolute Gasteiger partial charge is 0.368 e. The van der Waals surface area contributed by atoms with Crippen LogP contribution in [0.1, 0.15) is 78.2 Å². The second kappa shape index (κ2) is 23.3. The molecule has 0 unspecified atom stereocenters. The number of nitrogens with two attached hydrogens (primary N) is 4. The van der Waals surface area contributed by atoms with E-state index in [1.165, 1.54) is 0 Å². The van der Waals surface area contributed by atoms with Crippen molar-refractivity contribution in [1.82, 2.24) is 26.6 Å². The molecule has 0 fully saturated rings. The summed E-state index contributed by atoms with van der Waals surface area (Å²) in [6.45, 7) is 8.13. The molecule has 0 saturated carbocycles. The van der Waals surface area contributed by atoms with E-state index in [9.17, 15) is 28.8 Å². The minimum atomic E-state index is -1.12. The maximum Gasteiger partial charge on any atom is 0.243 e. The summed E-state index contributed by atoms with van der Waals surface area (Å²) >= 11 is 0. The molecule has 0 radical (unpaired) electrons. The van der Waals surface area contributed by atoms with E-state index in [2.05, 4.69) is 40.4 Å². The summed E-state index contributed by atoms with van der Waals surface area (Å²) in [7, 11) is 0. The first-order valence-corrected chi connectivity index (χ1v) is 17.2. The van der Waals surface area contributed by atoms with Gasteiger partial charge in [-0.05, 0) is 69.1 Å². The fraction of sp³-hybridized carbons (Fsp3) is 0.647. The Morgan fingerprint density at radius 3 is 1.53 bits per heavy atom. The number of rotatable bonds is 24. The molecule has 0 bridgehead atoms. The Balaban J connectivity index is 3.16. The smallest absolute Gasteiger partial charge is 0.243 e. The standard InChI is InChI=1S/C34H59N9O6/c1-21(2)9-8-12-29(44)39-25(14-17-36)31(46)41-26(15-18-37)32(47)42-27(19-22(3)4)33(48)43-28(20-23-10-6-5-7-11-23)34(49)40-24(13-16-35)30(38)45/h5-7,10-11,21-22,24-28H,8-9,12-20,35-37H2,1-4H3,(H2,38,45)(H,39,44)(H,40,49)(H,41,46)(H,42,47)(H,43,48)/t24-,25+,26-,27-,28+/m0/s1. The third kappa shape index (κ3) is 17.2. The van der Waals surface area contributed by atoms with Crippen LogP contribution >= 0.6 is 0 Å². The number of nitrogens with one attached hydrogen (secondary N) is 5. The fourth-order valence-electron chi connectivity index (χ4n) is 5.11. The first kappa shape index (κ1) is 42.9. The van der Waals surface area contributed by atoms with Crippen molar-refractivity contribution >= 4 is 35.4 Å². The molecule has 0 aromatic heterocycles. The summed E-state index contributed by atoms with van der Waals surface area (Å²) in [5.41, 5.74) is 23.3. The van der Waals surface area contributed by atoms with Gasteiger partial charge < -0.3 is 49.5 Å². The number of amides is 6. The lowest BCUT2D eigenvalue weighted by Gasteiger charge is -2.27. The van der Waals surface area contributed by atoms with Crippen LogP contribution in [0.5, 0.6) is 0 Å². The van der Waals surface area contributed by atoms with E-state index >= 15 is 0 Å². The highest BCUT2D eigenvalue weighted by Crippen LogP contribution is 2.10. The van der Waals surface area contributed by atoms with E-state index < -0.39 is 59.7 Å². The average molecular weight is 690 g/mol. The van der Waals surface area contributed by atoms with Crippen LogP contribution in [0.2, 0.25) is 0 Å². The van der Waals surface area contributed by atoms with Crippen molar-refractivity contribution in [1.29, 1.82) is 0 Å². The van der Waals surface area contributed by atoms with Crippen LogP contribution in [-0.2, 0) is 35.2 Å². The topological polar surface area (TPSA) is 267 Å². The summed E-state index contributed by atoms with van der Waals surface area (Å²) in [5.74, 6) is -3.20. The quantitative estimate of drug-likeness (QED) is 0.0647. The van der Waals surface area contributed by atoms with E-state index in [0.717, 1.165) is 12.0 Å². The summed E-state index contributed by atoms with van der Waals surface area (Å²) in [5, 5.41) is 13.4. The van der Waals surface area contributed by atoms with Crippen LogP contribution in [0.25, 0.3) is 0 Å². The van der Waals surface area contributed by atoms with E-state index in [1.54, 1.807) is 24.3 Å². The molecule has 276 valence electrons. The first-order valence-electron chi connectivity index (χ1n) is 17.2. The van der Waals surface area contributed by atoms with Crippen molar-refractivity contribution in [2.45, 2.75) is 109 Å². The molecular weight excluding hydrogens is 630 g/mol. The molecule has 0 spiro atoms. The highest BCUT2D eigenvalue weighted by molar-refractivity contribution is 5.96. The van der Waals surface area contributed by atoms with Gasteiger partial charge in [-0.2, -0.15) is 0 Å². The summed E-state index contributed by atoms with van der Waals surface area (Å²) < 4.78 is 0. The van der Waals surface area contributed by atoms with Crippen molar-refractivity contribution in [3.63, 3.8) is 0 Å². The second-order valence-electron chi connectivity index (χ2n) is 13.1. The summed E-state index contributed by atoms with van der Waals surface area (Å²) in [6, 6.07) is 3.64. The van der Waals surface area contributed by atoms with Crippen LogP contribution in [-0.4, -0.2) is 85.3 Å². The Morgan fingerprint density at radius 1 is 0.571 bits per heavy atom. The Morgan fingerprint density at radius 2 is 1.02 bits per heavy atom. The van der Waals surface area contributed by atoms with Gasteiger partial charge in [0.1, 0.15) is 30.2 Å². The van der Waals surface area contributed by atoms with Crippen LogP contribution in [0.4, 0.5) is 0 Å². The SMILES string of the molecule is CC(C)CCCC(=O)N[C@H](CCN)C(=O)N[C@@H](CCN)C(=O)N[C@@H](CC(C)C)C(=O)N[C@H](Cc1ccccc1)C(=O)N[C@@H](CCN)C(N)=O. The highest BCUT2D eigenvalue weighted by Gasteiger charge is 2.32. The molecule has 13 N–H and O–H groups in total. The Kier molecular flexibility index (Phi) is 20.4. The van der Waals surface area contributed by atoms with Crippen molar-refractivity contribution in [2.24, 2.45) is 34.8 Å². The molecule has 0 heterocycles. The maximum absolute atomic E-state index is 13.7. The normalized spacial score (nSPS) is 14.2. The minimum absolute atomic E-state index is 0.0473. The van der Waals surface area contributed by atoms with Gasteiger partial charge in [-0.3, -0.25) is 28.8 Å². The molecule has 15 heteroatoms. The molecule has 15 nitrogen and oxygen atoms in total. The number of primary amides is 1. The monoisotopic (exact) mass is 689 g/mol. The van der Waals surface area contributed by atoms with Gasteiger partial charge in [-0.25, -0.2) is 0 Å².